The summed E-state index contributed by atoms with van der Waals surface area (Å²) < 4.78 is 1.76. The van der Waals surface area contributed by atoms with Crippen molar-refractivity contribution in [1.29, 1.82) is 0 Å². The van der Waals surface area contributed by atoms with Crippen molar-refractivity contribution in [3.63, 3.8) is 0 Å². The van der Waals surface area contributed by atoms with Gasteiger partial charge in [-0.05, 0) is 31.4 Å². The fourth-order valence-electron chi connectivity index (χ4n) is 1.93. The van der Waals surface area contributed by atoms with Crippen LogP contribution in [0.5, 0.6) is 0 Å². The molecule has 0 fully saturated rings. The summed E-state index contributed by atoms with van der Waals surface area (Å²) in [7, 11) is 0. The summed E-state index contributed by atoms with van der Waals surface area (Å²) in [4.78, 5) is 11.5. The van der Waals surface area contributed by atoms with Gasteiger partial charge in [0.1, 0.15) is 0 Å². The molecule has 2 N–H and O–H groups in total. The van der Waals surface area contributed by atoms with Crippen molar-refractivity contribution in [3.05, 3.63) is 33.2 Å². The van der Waals surface area contributed by atoms with E-state index in [0.29, 0.717) is 17.5 Å². The molecule has 4 heteroatoms. The van der Waals surface area contributed by atoms with Crippen LogP contribution in [0.4, 0.5) is 0 Å². The quantitative estimate of drug-likeness (QED) is 0.756. The Balaban J connectivity index is 2.45. The zero-order chi connectivity index (χ0) is 10.1. The highest BCUT2D eigenvalue weighted by Crippen LogP contribution is 2.23. The van der Waals surface area contributed by atoms with Gasteiger partial charge in [-0.25, -0.2) is 0 Å². The van der Waals surface area contributed by atoms with Gasteiger partial charge in [0.05, 0.1) is 5.02 Å². The lowest BCUT2D eigenvalue weighted by Crippen LogP contribution is -2.32. The molecule has 1 atom stereocenters. The molecular weight excluding hydrogens is 200 g/mol. The number of pyridine rings is 1. The van der Waals surface area contributed by atoms with Gasteiger partial charge < -0.3 is 10.3 Å². The lowest BCUT2D eigenvalue weighted by molar-refractivity contribution is 0.387. The third kappa shape index (κ3) is 1.57. The summed E-state index contributed by atoms with van der Waals surface area (Å²) in [5.74, 6) is 0.467. The van der Waals surface area contributed by atoms with Crippen LogP contribution < -0.4 is 11.3 Å². The third-order valence-corrected chi connectivity index (χ3v) is 3.16. The van der Waals surface area contributed by atoms with Crippen molar-refractivity contribution < 1.29 is 0 Å². The maximum absolute atomic E-state index is 11.5. The zero-order valence-electron chi connectivity index (χ0n) is 7.87. The second-order valence-electron chi connectivity index (χ2n) is 3.71. The smallest absolute Gasteiger partial charge is 0.250 e. The van der Waals surface area contributed by atoms with E-state index in [1.165, 1.54) is 6.07 Å². The number of halogens is 1. The molecule has 0 amide bonds. The standard InChI is InChI=1S/C10H13ClN2O/c11-8-1-2-10(14)13-4-3-7(6-12)5-9(8)13/h1-2,7H,3-6,12H2. The first-order chi connectivity index (χ1) is 6.72. The lowest BCUT2D eigenvalue weighted by Gasteiger charge is -2.25. The molecular formula is C10H13ClN2O. The molecule has 3 nitrogen and oxygen atoms in total. The molecule has 2 heterocycles. The molecule has 0 spiro atoms. The molecule has 1 aliphatic rings. The van der Waals surface area contributed by atoms with E-state index in [1.54, 1.807) is 10.6 Å². The predicted molar refractivity (Wildman–Crippen MR) is 56.6 cm³/mol. The normalized spacial score (nSPS) is 20.6. The Morgan fingerprint density at radius 1 is 1.57 bits per heavy atom. The Bertz CT molecular complexity index is 400. The molecule has 0 bridgehead atoms. The van der Waals surface area contributed by atoms with E-state index in [9.17, 15) is 4.79 Å². The number of hydrogen-bond donors (Lipinski definition) is 1. The monoisotopic (exact) mass is 212 g/mol. The summed E-state index contributed by atoms with van der Waals surface area (Å²) in [6.07, 6.45) is 1.80. The number of aromatic nitrogens is 1. The van der Waals surface area contributed by atoms with E-state index in [-0.39, 0.29) is 5.56 Å². The van der Waals surface area contributed by atoms with Gasteiger partial charge in [0.15, 0.2) is 0 Å². The van der Waals surface area contributed by atoms with Crippen LogP contribution in [-0.2, 0) is 13.0 Å². The summed E-state index contributed by atoms with van der Waals surface area (Å²) in [5, 5.41) is 0.683. The average Bonchev–Trinajstić information content (AvgIpc) is 2.23. The van der Waals surface area contributed by atoms with Crippen LogP contribution in [0.25, 0.3) is 0 Å². The highest BCUT2D eigenvalue weighted by atomic mass is 35.5. The highest BCUT2D eigenvalue weighted by Gasteiger charge is 2.19. The van der Waals surface area contributed by atoms with Gasteiger partial charge in [-0.3, -0.25) is 4.79 Å². The number of hydrogen-bond acceptors (Lipinski definition) is 2. The van der Waals surface area contributed by atoms with Gasteiger partial charge in [-0.2, -0.15) is 0 Å². The first-order valence-electron chi connectivity index (χ1n) is 4.80. The van der Waals surface area contributed by atoms with E-state index in [1.807, 2.05) is 0 Å². The number of rotatable bonds is 1. The Kier molecular flexibility index (Phi) is 2.61. The molecule has 0 saturated carbocycles. The second-order valence-corrected chi connectivity index (χ2v) is 4.12. The van der Waals surface area contributed by atoms with Gasteiger partial charge in [-0.1, -0.05) is 11.6 Å². The number of fused-ring (bicyclic) bond motifs is 1. The van der Waals surface area contributed by atoms with Crippen molar-refractivity contribution in [1.82, 2.24) is 4.57 Å². The maximum atomic E-state index is 11.5. The molecule has 1 unspecified atom stereocenters. The minimum absolute atomic E-state index is 0.0415. The highest BCUT2D eigenvalue weighted by molar-refractivity contribution is 6.31. The first kappa shape index (κ1) is 9.74. The van der Waals surface area contributed by atoms with Crippen LogP contribution in [0.2, 0.25) is 5.02 Å². The van der Waals surface area contributed by atoms with Crippen LogP contribution in [0.15, 0.2) is 16.9 Å². The Hall–Kier alpha value is -0.800. The SMILES string of the molecule is NCC1CCn2c(c(Cl)ccc2=O)C1. The molecule has 2 rings (SSSR count). The summed E-state index contributed by atoms with van der Waals surface area (Å²) in [6, 6.07) is 3.20. The third-order valence-electron chi connectivity index (χ3n) is 2.82. The summed E-state index contributed by atoms with van der Waals surface area (Å²) >= 11 is 6.04. The van der Waals surface area contributed by atoms with Crippen LogP contribution >= 0.6 is 11.6 Å². The Morgan fingerprint density at radius 2 is 2.36 bits per heavy atom. The molecule has 76 valence electrons. The fourth-order valence-corrected chi connectivity index (χ4v) is 2.18. The second kappa shape index (κ2) is 3.75. The molecule has 1 aliphatic heterocycles. The topological polar surface area (TPSA) is 48.0 Å². The van der Waals surface area contributed by atoms with E-state index in [0.717, 1.165) is 25.1 Å². The molecule has 0 saturated heterocycles. The predicted octanol–water partition coefficient (Wildman–Crippen LogP) is 1.02. The number of nitrogens with zero attached hydrogens (tertiary/aromatic N) is 1. The van der Waals surface area contributed by atoms with Gasteiger partial charge in [-0.15, -0.1) is 0 Å². The minimum Gasteiger partial charge on any atom is -0.330 e. The van der Waals surface area contributed by atoms with Gasteiger partial charge in [0, 0.05) is 18.3 Å². The maximum Gasteiger partial charge on any atom is 0.250 e. The van der Waals surface area contributed by atoms with E-state index in [2.05, 4.69) is 0 Å². The molecule has 0 radical (unpaired) electrons. The van der Waals surface area contributed by atoms with E-state index in [4.69, 9.17) is 17.3 Å². The van der Waals surface area contributed by atoms with Crippen LogP contribution in [0.1, 0.15) is 12.1 Å². The fraction of sp³-hybridized carbons (Fsp3) is 0.500. The van der Waals surface area contributed by atoms with E-state index < -0.39 is 0 Å². The van der Waals surface area contributed by atoms with Gasteiger partial charge >= 0.3 is 0 Å². The summed E-state index contributed by atoms with van der Waals surface area (Å²) in [5.41, 5.74) is 6.60. The zero-order valence-corrected chi connectivity index (χ0v) is 8.63. The van der Waals surface area contributed by atoms with Crippen molar-refractivity contribution in [2.75, 3.05) is 6.54 Å². The van der Waals surface area contributed by atoms with Gasteiger partial charge in [0.2, 0.25) is 0 Å². The molecule has 1 aromatic rings. The summed E-state index contributed by atoms with van der Waals surface area (Å²) in [6.45, 7) is 1.41. The van der Waals surface area contributed by atoms with Crippen LogP contribution in [-0.4, -0.2) is 11.1 Å². The minimum atomic E-state index is 0.0415. The average molecular weight is 213 g/mol. The van der Waals surface area contributed by atoms with Crippen molar-refractivity contribution in [3.8, 4) is 0 Å². The van der Waals surface area contributed by atoms with Crippen molar-refractivity contribution in [2.24, 2.45) is 11.7 Å². The largest absolute Gasteiger partial charge is 0.330 e. The lowest BCUT2D eigenvalue weighted by atomic mass is 9.95. The Morgan fingerprint density at radius 3 is 3.07 bits per heavy atom. The van der Waals surface area contributed by atoms with Crippen molar-refractivity contribution >= 4 is 11.6 Å². The first-order valence-corrected chi connectivity index (χ1v) is 5.18. The molecule has 0 aromatic carbocycles. The molecule has 14 heavy (non-hydrogen) atoms. The number of nitrogens with two attached hydrogens (primary N) is 1. The van der Waals surface area contributed by atoms with Crippen LogP contribution in [0.3, 0.4) is 0 Å². The van der Waals surface area contributed by atoms with E-state index >= 15 is 0 Å². The van der Waals surface area contributed by atoms with Crippen molar-refractivity contribution in [2.45, 2.75) is 19.4 Å². The Labute approximate surface area is 87.5 Å². The molecule has 1 aromatic heterocycles. The van der Waals surface area contributed by atoms with Gasteiger partial charge in [0.25, 0.3) is 5.56 Å². The van der Waals surface area contributed by atoms with Crippen LogP contribution in [0, 0.1) is 5.92 Å². The molecule has 0 aliphatic carbocycles.